The van der Waals surface area contributed by atoms with Gasteiger partial charge < -0.3 is 10.5 Å². The summed E-state index contributed by atoms with van der Waals surface area (Å²) in [6.07, 6.45) is -0.115. The number of ether oxygens (including phenoxy) is 1. The Morgan fingerprint density at radius 2 is 1.95 bits per heavy atom. The van der Waals surface area contributed by atoms with Crippen LogP contribution in [0.1, 0.15) is 43.6 Å². The molecule has 1 rings (SSSR count). The van der Waals surface area contributed by atoms with Gasteiger partial charge in [-0.15, -0.1) is 0 Å². The number of hydrogen-bond donors (Lipinski definition) is 1. The zero-order valence-corrected chi connectivity index (χ0v) is 12.3. The van der Waals surface area contributed by atoms with Crippen molar-refractivity contribution in [1.82, 2.24) is 4.90 Å². The molecule has 0 fully saturated rings. The molecule has 19 heavy (non-hydrogen) atoms. The summed E-state index contributed by atoms with van der Waals surface area (Å²) in [4.78, 5) is 14.1. The van der Waals surface area contributed by atoms with Crippen LogP contribution < -0.4 is 5.73 Å². The van der Waals surface area contributed by atoms with Gasteiger partial charge in [-0.3, -0.25) is 4.90 Å². The van der Waals surface area contributed by atoms with Gasteiger partial charge in [0.15, 0.2) is 0 Å². The Hall–Kier alpha value is -1.55. The first-order valence-corrected chi connectivity index (χ1v) is 6.79. The molecule has 0 radical (unpaired) electrons. The number of benzene rings is 1. The molecule has 0 aromatic heterocycles. The molecular weight excluding hydrogens is 240 g/mol. The van der Waals surface area contributed by atoms with Crippen LogP contribution in [-0.4, -0.2) is 30.1 Å². The predicted molar refractivity (Wildman–Crippen MR) is 78.0 cm³/mol. The largest absolute Gasteiger partial charge is 0.459 e. The molecule has 0 spiro atoms. The van der Waals surface area contributed by atoms with Gasteiger partial charge in [-0.2, -0.15) is 0 Å². The van der Waals surface area contributed by atoms with Crippen molar-refractivity contribution in [1.29, 1.82) is 0 Å². The fraction of sp³-hybridized carbons (Fsp3) is 0.533. The number of anilines is 1. The van der Waals surface area contributed by atoms with E-state index in [1.807, 2.05) is 19.9 Å². The predicted octanol–water partition coefficient (Wildman–Crippen LogP) is 2.68. The molecule has 0 saturated carbocycles. The number of nitrogen functional groups attached to an aromatic ring is 1. The van der Waals surface area contributed by atoms with Crippen molar-refractivity contribution in [2.24, 2.45) is 0 Å². The van der Waals surface area contributed by atoms with E-state index in [2.05, 4.69) is 18.7 Å². The third-order valence-corrected chi connectivity index (χ3v) is 3.01. The van der Waals surface area contributed by atoms with Gasteiger partial charge in [0, 0.05) is 12.2 Å². The molecule has 0 saturated heterocycles. The second-order valence-electron chi connectivity index (χ2n) is 4.83. The SMILES string of the molecule is CCN(CC)Cc1cc(C(=O)OC(C)C)ccc1N. The van der Waals surface area contributed by atoms with Crippen molar-refractivity contribution in [3.05, 3.63) is 29.3 Å². The summed E-state index contributed by atoms with van der Waals surface area (Å²) in [7, 11) is 0. The normalized spacial score (nSPS) is 11.1. The monoisotopic (exact) mass is 264 g/mol. The Bertz CT molecular complexity index is 426. The molecule has 0 heterocycles. The maximum atomic E-state index is 11.9. The molecule has 1 aromatic rings. The highest BCUT2D eigenvalue weighted by atomic mass is 16.5. The van der Waals surface area contributed by atoms with Crippen molar-refractivity contribution >= 4 is 11.7 Å². The molecule has 0 aliphatic rings. The Labute approximate surface area is 115 Å². The van der Waals surface area contributed by atoms with Crippen molar-refractivity contribution in [2.45, 2.75) is 40.3 Å². The fourth-order valence-electron chi connectivity index (χ4n) is 1.84. The lowest BCUT2D eigenvalue weighted by Gasteiger charge is -2.19. The first-order valence-electron chi connectivity index (χ1n) is 6.79. The number of hydrogen-bond acceptors (Lipinski definition) is 4. The lowest BCUT2D eigenvalue weighted by molar-refractivity contribution is 0.0378. The molecule has 4 heteroatoms. The van der Waals surface area contributed by atoms with E-state index in [0.29, 0.717) is 11.3 Å². The van der Waals surface area contributed by atoms with Crippen LogP contribution in [0.2, 0.25) is 0 Å². The quantitative estimate of drug-likeness (QED) is 0.634. The van der Waals surface area contributed by atoms with Gasteiger partial charge in [0.1, 0.15) is 0 Å². The Kier molecular flexibility index (Phi) is 5.83. The second-order valence-corrected chi connectivity index (χ2v) is 4.83. The molecule has 0 aliphatic carbocycles. The van der Waals surface area contributed by atoms with Crippen molar-refractivity contribution in [3.63, 3.8) is 0 Å². The summed E-state index contributed by atoms with van der Waals surface area (Å²) in [6, 6.07) is 5.32. The van der Waals surface area contributed by atoms with Crippen LogP contribution in [0, 0.1) is 0 Å². The molecule has 0 atom stereocenters. The number of nitrogens with two attached hydrogens (primary N) is 1. The van der Waals surface area contributed by atoms with Crippen LogP contribution in [0.5, 0.6) is 0 Å². The third-order valence-electron chi connectivity index (χ3n) is 3.01. The molecule has 0 unspecified atom stereocenters. The van der Waals surface area contributed by atoms with Crippen LogP contribution >= 0.6 is 0 Å². The number of carbonyl (C=O) groups excluding carboxylic acids is 1. The maximum Gasteiger partial charge on any atom is 0.338 e. The Balaban J connectivity index is 2.90. The summed E-state index contributed by atoms with van der Waals surface area (Å²) in [5.74, 6) is -0.296. The minimum Gasteiger partial charge on any atom is -0.459 e. The summed E-state index contributed by atoms with van der Waals surface area (Å²) >= 11 is 0. The van der Waals surface area contributed by atoms with E-state index in [9.17, 15) is 4.79 Å². The van der Waals surface area contributed by atoms with Gasteiger partial charge in [0.25, 0.3) is 0 Å². The van der Waals surface area contributed by atoms with Gasteiger partial charge in [0.2, 0.25) is 0 Å². The average Bonchev–Trinajstić information content (AvgIpc) is 2.36. The van der Waals surface area contributed by atoms with Gasteiger partial charge in [-0.25, -0.2) is 4.79 Å². The maximum absolute atomic E-state index is 11.9. The third kappa shape index (κ3) is 4.56. The van der Waals surface area contributed by atoms with Crippen LogP contribution in [0.3, 0.4) is 0 Å². The van der Waals surface area contributed by atoms with Crippen LogP contribution in [0.15, 0.2) is 18.2 Å². The number of nitrogens with zero attached hydrogens (tertiary/aromatic N) is 1. The average molecular weight is 264 g/mol. The van der Waals surface area contributed by atoms with Crippen molar-refractivity contribution < 1.29 is 9.53 Å². The Morgan fingerprint density at radius 3 is 2.47 bits per heavy atom. The first-order chi connectivity index (χ1) is 8.97. The lowest BCUT2D eigenvalue weighted by atomic mass is 10.1. The minimum atomic E-state index is -0.296. The fourth-order valence-corrected chi connectivity index (χ4v) is 1.84. The van der Waals surface area contributed by atoms with Crippen LogP contribution in [0.4, 0.5) is 5.69 Å². The molecule has 0 aliphatic heterocycles. The molecule has 4 nitrogen and oxygen atoms in total. The standard InChI is InChI=1S/C15H24N2O2/c1-5-17(6-2)10-13-9-12(7-8-14(13)16)15(18)19-11(3)4/h7-9,11H,5-6,10,16H2,1-4H3. The topological polar surface area (TPSA) is 55.6 Å². The van der Waals surface area contributed by atoms with E-state index in [4.69, 9.17) is 10.5 Å². The first kappa shape index (κ1) is 15.5. The molecule has 0 amide bonds. The molecule has 106 valence electrons. The second kappa shape index (κ2) is 7.14. The van der Waals surface area contributed by atoms with E-state index in [0.717, 1.165) is 25.2 Å². The lowest BCUT2D eigenvalue weighted by Crippen LogP contribution is -2.23. The van der Waals surface area contributed by atoms with Gasteiger partial charge in [-0.05, 0) is 50.7 Å². The molecule has 2 N–H and O–H groups in total. The number of carbonyl (C=O) groups is 1. The minimum absolute atomic E-state index is 0.115. The summed E-state index contributed by atoms with van der Waals surface area (Å²) in [5.41, 5.74) is 8.22. The smallest absolute Gasteiger partial charge is 0.338 e. The van der Waals surface area contributed by atoms with Crippen LogP contribution in [-0.2, 0) is 11.3 Å². The van der Waals surface area contributed by atoms with E-state index in [1.165, 1.54) is 0 Å². The van der Waals surface area contributed by atoms with Gasteiger partial charge in [-0.1, -0.05) is 13.8 Å². The van der Waals surface area contributed by atoms with E-state index >= 15 is 0 Å². The molecular formula is C15H24N2O2. The zero-order valence-electron chi connectivity index (χ0n) is 12.3. The summed E-state index contributed by atoms with van der Waals surface area (Å²) in [6.45, 7) is 10.6. The molecule has 1 aromatic carbocycles. The highest BCUT2D eigenvalue weighted by molar-refractivity contribution is 5.90. The summed E-state index contributed by atoms with van der Waals surface area (Å²) < 4.78 is 5.20. The highest BCUT2D eigenvalue weighted by Gasteiger charge is 2.12. The number of esters is 1. The highest BCUT2D eigenvalue weighted by Crippen LogP contribution is 2.17. The Morgan fingerprint density at radius 1 is 1.32 bits per heavy atom. The van der Waals surface area contributed by atoms with Gasteiger partial charge >= 0.3 is 5.97 Å². The van der Waals surface area contributed by atoms with E-state index in [-0.39, 0.29) is 12.1 Å². The van der Waals surface area contributed by atoms with Crippen molar-refractivity contribution in [3.8, 4) is 0 Å². The van der Waals surface area contributed by atoms with Crippen molar-refractivity contribution in [2.75, 3.05) is 18.8 Å². The summed E-state index contributed by atoms with van der Waals surface area (Å²) in [5, 5.41) is 0. The van der Waals surface area contributed by atoms with Crippen LogP contribution in [0.25, 0.3) is 0 Å². The van der Waals surface area contributed by atoms with E-state index < -0.39 is 0 Å². The molecule has 0 bridgehead atoms. The number of rotatable bonds is 6. The zero-order chi connectivity index (χ0) is 14.4. The van der Waals surface area contributed by atoms with E-state index in [1.54, 1.807) is 12.1 Å². The van der Waals surface area contributed by atoms with Gasteiger partial charge in [0.05, 0.1) is 11.7 Å².